The second-order valence-corrected chi connectivity index (χ2v) is 8.72. The van der Waals surface area contributed by atoms with Crippen LogP contribution in [0.25, 0.3) is 0 Å². The molecule has 31 heavy (non-hydrogen) atoms. The molecule has 1 aromatic carbocycles. The average Bonchev–Trinajstić information content (AvgIpc) is 2.77. The molecule has 2 rings (SSSR count). The lowest BCUT2D eigenvalue weighted by Gasteiger charge is -2.33. The van der Waals surface area contributed by atoms with E-state index in [0.29, 0.717) is 30.8 Å². The van der Waals surface area contributed by atoms with E-state index in [-0.39, 0.29) is 11.8 Å². The van der Waals surface area contributed by atoms with Gasteiger partial charge in [0.05, 0.1) is 12.2 Å². The summed E-state index contributed by atoms with van der Waals surface area (Å²) in [5, 5.41) is 5.91. The maximum Gasteiger partial charge on any atom is 0.253 e. The van der Waals surface area contributed by atoms with Crippen molar-refractivity contribution in [2.75, 3.05) is 43.6 Å². The monoisotopic (exact) mass is 431 g/mol. The van der Waals surface area contributed by atoms with E-state index < -0.39 is 0 Å². The summed E-state index contributed by atoms with van der Waals surface area (Å²) in [6.07, 6.45) is 9.71. The number of hydrogen-bond acceptors (Lipinski definition) is 4. The molecule has 1 saturated heterocycles. The average molecular weight is 432 g/mol. The van der Waals surface area contributed by atoms with Crippen LogP contribution in [0.4, 0.5) is 11.4 Å². The molecule has 0 unspecified atom stereocenters. The quantitative estimate of drug-likeness (QED) is 0.432. The van der Waals surface area contributed by atoms with Crippen LogP contribution in [0.3, 0.4) is 0 Å². The third-order valence-electron chi connectivity index (χ3n) is 6.00. The van der Waals surface area contributed by atoms with Crippen molar-refractivity contribution in [1.82, 2.24) is 5.32 Å². The fourth-order valence-corrected chi connectivity index (χ4v) is 3.97. The molecule has 1 aromatic rings. The maximum atomic E-state index is 12.9. The maximum absolute atomic E-state index is 12.9. The Morgan fingerprint density at radius 1 is 1.10 bits per heavy atom. The molecule has 0 spiro atoms. The fraction of sp³-hybridized carbons (Fsp3) is 0.680. The molecule has 0 saturated carbocycles. The topological polar surface area (TPSA) is 70.7 Å². The number of unbranched alkanes of at least 4 members (excludes halogenated alkanes) is 5. The normalized spacial score (nSPS) is 14.5. The number of benzene rings is 1. The van der Waals surface area contributed by atoms with Gasteiger partial charge in [0.15, 0.2) is 0 Å². The van der Waals surface area contributed by atoms with Gasteiger partial charge in [-0.3, -0.25) is 9.59 Å². The van der Waals surface area contributed by atoms with Crippen molar-refractivity contribution >= 4 is 23.2 Å². The van der Waals surface area contributed by atoms with Crippen LogP contribution < -0.4 is 15.5 Å². The molecule has 0 bridgehead atoms. The lowest BCUT2D eigenvalue weighted by molar-refractivity contribution is -0.116. The summed E-state index contributed by atoms with van der Waals surface area (Å²) in [6, 6.07) is 5.70. The van der Waals surface area contributed by atoms with Crippen molar-refractivity contribution in [3.8, 4) is 0 Å². The summed E-state index contributed by atoms with van der Waals surface area (Å²) in [7, 11) is 1.62. The molecule has 0 radical (unpaired) electrons. The summed E-state index contributed by atoms with van der Waals surface area (Å²) < 4.78 is 5.05. The Bertz CT molecular complexity index is 685. The Balaban J connectivity index is 2.01. The van der Waals surface area contributed by atoms with Gasteiger partial charge in [0.2, 0.25) is 5.91 Å². The lowest BCUT2D eigenvalue weighted by Crippen LogP contribution is -2.35. The van der Waals surface area contributed by atoms with E-state index in [0.717, 1.165) is 50.4 Å². The second kappa shape index (κ2) is 14.1. The molecule has 6 nitrogen and oxygen atoms in total. The van der Waals surface area contributed by atoms with Gasteiger partial charge in [-0.15, -0.1) is 0 Å². The van der Waals surface area contributed by atoms with Crippen LogP contribution in [0, 0.1) is 5.92 Å². The summed E-state index contributed by atoms with van der Waals surface area (Å²) in [5.41, 5.74) is 2.24. The van der Waals surface area contributed by atoms with E-state index in [4.69, 9.17) is 4.74 Å². The van der Waals surface area contributed by atoms with Gasteiger partial charge >= 0.3 is 0 Å². The van der Waals surface area contributed by atoms with Gasteiger partial charge < -0.3 is 20.3 Å². The van der Waals surface area contributed by atoms with Crippen LogP contribution >= 0.6 is 0 Å². The highest BCUT2D eigenvalue weighted by atomic mass is 16.5. The lowest BCUT2D eigenvalue weighted by atomic mass is 9.97. The van der Waals surface area contributed by atoms with Crippen molar-refractivity contribution < 1.29 is 14.3 Å². The van der Waals surface area contributed by atoms with Crippen LogP contribution in [-0.2, 0) is 9.53 Å². The van der Waals surface area contributed by atoms with Crippen molar-refractivity contribution in [3.63, 3.8) is 0 Å². The van der Waals surface area contributed by atoms with Crippen LogP contribution in [0.5, 0.6) is 0 Å². The molecule has 174 valence electrons. The standard InChI is InChI=1S/C25H41N3O3/c1-4-5-6-7-8-9-10-24(29)27-21-11-12-23(28-16-13-20(2)14-17-28)22(19-21)25(30)26-15-18-31-3/h11-12,19-20H,4-10,13-18H2,1-3H3,(H,26,30)(H,27,29). The summed E-state index contributed by atoms with van der Waals surface area (Å²) in [6.45, 7) is 7.30. The minimum absolute atomic E-state index is 0.0146. The number of piperidine rings is 1. The van der Waals surface area contributed by atoms with Gasteiger partial charge in [-0.05, 0) is 43.4 Å². The number of nitrogens with zero attached hydrogens (tertiary/aromatic N) is 1. The molecule has 0 aliphatic carbocycles. The van der Waals surface area contributed by atoms with Gasteiger partial charge in [0.25, 0.3) is 5.91 Å². The number of amides is 2. The number of ether oxygens (including phenoxy) is 1. The highest BCUT2D eigenvalue weighted by Crippen LogP contribution is 2.29. The number of carbonyl (C=O) groups excluding carboxylic acids is 2. The fourth-order valence-electron chi connectivity index (χ4n) is 3.97. The van der Waals surface area contributed by atoms with Crippen molar-refractivity contribution in [2.24, 2.45) is 5.92 Å². The van der Waals surface area contributed by atoms with Crippen LogP contribution in [-0.4, -0.2) is 45.2 Å². The highest BCUT2D eigenvalue weighted by molar-refractivity contribution is 6.02. The van der Waals surface area contributed by atoms with E-state index in [1.807, 2.05) is 18.2 Å². The molecular weight excluding hydrogens is 390 g/mol. The molecule has 2 N–H and O–H groups in total. The SMILES string of the molecule is CCCCCCCCC(=O)Nc1ccc(N2CCC(C)CC2)c(C(=O)NCCOC)c1. The number of carbonyl (C=O) groups is 2. The van der Waals surface area contributed by atoms with E-state index in [1.54, 1.807) is 7.11 Å². The molecule has 0 aromatic heterocycles. The largest absolute Gasteiger partial charge is 0.383 e. The Kier molecular flexibility index (Phi) is 11.4. The second-order valence-electron chi connectivity index (χ2n) is 8.72. The van der Waals surface area contributed by atoms with E-state index >= 15 is 0 Å². The smallest absolute Gasteiger partial charge is 0.253 e. The molecule has 6 heteroatoms. The minimum atomic E-state index is -0.127. The Morgan fingerprint density at radius 2 is 1.81 bits per heavy atom. The molecule has 1 fully saturated rings. The van der Waals surface area contributed by atoms with Gasteiger partial charge in [0, 0.05) is 44.5 Å². The first-order valence-electron chi connectivity index (χ1n) is 12.0. The van der Waals surface area contributed by atoms with Crippen molar-refractivity contribution in [1.29, 1.82) is 0 Å². The highest BCUT2D eigenvalue weighted by Gasteiger charge is 2.21. The first kappa shape index (κ1) is 25.2. The number of nitrogens with one attached hydrogen (secondary N) is 2. The molecule has 1 aliphatic rings. The Hall–Kier alpha value is -2.08. The van der Waals surface area contributed by atoms with Gasteiger partial charge in [-0.25, -0.2) is 0 Å². The summed E-state index contributed by atoms with van der Waals surface area (Å²) in [4.78, 5) is 27.5. The number of anilines is 2. The van der Waals surface area contributed by atoms with E-state index in [1.165, 1.54) is 25.7 Å². The zero-order valence-electron chi connectivity index (χ0n) is 19.7. The Morgan fingerprint density at radius 3 is 2.52 bits per heavy atom. The summed E-state index contributed by atoms with van der Waals surface area (Å²) >= 11 is 0. The summed E-state index contributed by atoms with van der Waals surface area (Å²) in [5.74, 6) is 0.606. The van der Waals surface area contributed by atoms with Gasteiger partial charge in [0.1, 0.15) is 0 Å². The van der Waals surface area contributed by atoms with Crippen molar-refractivity contribution in [2.45, 2.75) is 71.6 Å². The predicted octanol–water partition coefficient (Wildman–Crippen LogP) is 4.99. The van der Waals surface area contributed by atoms with Crippen LogP contribution in [0.1, 0.15) is 82.0 Å². The number of methoxy groups -OCH3 is 1. The predicted molar refractivity (Wildman–Crippen MR) is 128 cm³/mol. The van der Waals surface area contributed by atoms with E-state index in [9.17, 15) is 9.59 Å². The third kappa shape index (κ3) is 8.90. The van der Waals surface area contributed by atoms with E-state index in [2.05, 4.69) is 29.4 Å². The molecule has 0 atom stereocenters. The minimum Gasteiger partial charge on any atom is -0.383 e. The Labute approximate surface area is 188 Å². The zero-order chi connectivity index (χ0) is 22.5. The molecular formula is C25H41N3O3. The first-order chi connectivity index (χ1) is 15.0. The van der Waals surface area contributed by atoms with Crippen LogP contribution in [0.2, 0.25) is 0 Å². The van der Waals surface area contributed by atoms with Gasteiger partial charge in [-0.1, -0.05) is 46.0 Å². The first-order valence-corrected chi connectivity index (χ1v) is 12.0. The van der Waals surface area contributed by atoms with Gasteiger partial charge in [-0.2, -0.15) is 0 Å². The molecule has 2 amide bonds. The third-order valence-corrected chi connectivity index (χ3v) is 6.00. The molecule has 1 aliphatic heterocycles. The van der Waals surface area contributed by atoms with Crippen molar-refractivity contribution in [3.05, 3.63) is 23.8 Å². The molecule has 1 heterocycles. The van der Waals surface area contributed by atoms with Crippen LogP contribution in [0.15, 0.2) is 18.2 Å². The number of rotatable bonds is 13. The number of hydrogen-bond donors (Lipinski definition) is 2. The zero-order valence-corrected chi connectivity index (χ0v) is 19.7.